The van der Waals surface area contributed by atoms with Crippen LogP contribution < -0.4 is 4.74 Å². The van der Waals surface area contributed by atoms with E-state index in [9.17, 15) is 0 Å². The molecule has 0 bridgehead atoms. The van der Waals surface area contributed by atoms with Gasteiger partial charge < -0.3 is 4.74 Å². The van der Waals surface area contributed by atoms with Crippen molar-refractivity contribution in [3.05, 3.63) is 12.0 Å². The lowest BCUT2D eigenvalue weighted by atomic mass is 10.4. The quantitative estimate of drug-likeness (QED) is 0.672. The van der Waals surface area contributed by atoms with E-state index < -0.39 is 0 Å². The lowest BCUT2D eigenvalue weighted by Crippen LogP contribution is -1.89. The van der Waals surface area contributed by atoms with Crippen LogP contribution in [-0.4, -0.2) is 27.3 Å². The molecular formula is C7H8N4O. The molecule has 12 heavy (non-hydrogen) atoms. The standard InChI is InChI=1S/C7H8N4O/c1-4-5-6(11-10-4)7(12-2)9-3-8-5/h3H,1-2H3,(H,10,11). The molecule has 0 radical (unpaired) electrons. The first-order valence-electron chi connectivity index (χ1n) is 3.52. The van der Waals surface area contributed by atoms with Gasteiger partial charge in [-0.05, 0) is 6.92 Å². The number of hydrogen-bond acceptors (Lipinski definition) is 4. The van der Waals surface area contributed by atoms with E-state index in [0.717, 1.165) is 11.2 Å². The molecule has 0 aliphatic rings. The van der Waals surface area contributed by atoms with Crippen LogP contribution in [0.25, 0.3) is 11.0 Å². The molecule has 0 saturated carbocycles. The van der Waals surface area contributed by atoms with Gasteiger partial charge in [-0.15, -0.1) is 0 Å². The Morgan fingerprint density at radius 2 is 2.17 bits per heavy atom. The second kappa shape index (κ2) is 2.44. The van der Waals surface area contributed by atoms with Crippen LogP contribution in [0.5, 0.6) is 5.88 Å². The number of nitrogens with one attached hydrogen (secondary N) is 1. The Labute approximate surface area is 68.8 Å². The molecule has 2 aromatic heterocycles. The summed E-state index contributed by atoms with van der Waals surface area (Å²) in [5.41, 5.74) is 2.41. The summed E-state index contributed by atoms with van der Waals surface area (Å²) < 4.78 is 5.01. The zero-order valence-electron chi connectivity index (χ0n) is 6.83. The molecule has 0 unspecified atom stereocenters. The third-order valence-electron chi connectivity index (χ3n) is 1.67. The lowest BCUT2D eigenvalue weighted by molar-refractivity contribution is 0.401. The molecule has 0 amide bonds. The van der Waals surface area contributed by atoms with Gasteiger partial charge in [0.15, 0.2) is 5.52 Å². The highest BCUT2D eigenvalue weighted by atomic mass is 16.5. The van der Waals surface area contributed by atoms with Gasteiger partial charge in [-0.1, -0.05) is 0 Å². The Kier molecular flexibility index (Phi) is 1.43. The predicted molar refractivity (Wildman–Crippen MR) is 43.0 cm³/mol. The van der Waals surface area contributed by atoms with Crippen LogP contribution in [-0.2, 0) is 0 Å². The fraction of sp³-hybridized carbons (Fsp3) is 0.286. The first kappa shape index (κ1) is 7.02. The van der Waals surface area contributed by atoms with Crippen molar-refractivity contribution in [3.63, 3.8) is 0 Å². The molecule has 0 aliphatic carbocycles. The summed E-state index contributed by atoms with van der Waals surface area (Å²) in [6.45, 7) is 1.90. The number of aromatic amines is 1. The Bertz CT molecular complexity index is 409. The summed E-state index contributed by atoms with van der Waals surface area (Å²) in [4.78, 5) is 7.99. The molecule has 2 heterocycles. The van der Waals surface area contributed by atoms with E-state index in [1.165, 1.54) is 6.33 Å². The van der Waals surface area contributed by atoms with Crippen LogP contribution in [0.1, 0.15) is 5.69 Å². The minimum Gasteiger partial charge on any atom is -0.479 e. The zero-order valence-corrected chi connectivity index (χ0v) is 6.83. The van der Waals surface area contributed by atoms with Crippen molar-refractivity contribution in [2.75, 3.05) is 7.11 Å². The molecule has 0 aliphatic heterocycles. The number of aromatic nitrogens is 4. The smallest absolute Gasteiger partial charge is 0.245 e. The number of nitrogens with zero attached hydrogens (tertiary/aromatic N) is 3. The van der Waals surface area contributed by atoms with Gasteiger partial charge >= 0.3 is 0 Å². The Morgan fingerprint density at radius 1 is 1.33 bits per heavy atom. The number of aryl methyl sites for hydroxylation is 1. The van der Waals surface area contributed by atoms with Gasteiger partial charge in [0, 0.05) is 0 Å². The monoisotopic (exact) mass is 164 g/mol. The molecule has 0 spiro atoms. The number of fused-ring (bicyclic) bond motifs is 1. The highest BCUT2D eigenvalue weighted by Crippen LogP contribution is 2.19. The van der Waals surface area contributed by atoms with Gasteiger partial charge in [0.05, 0.1) is 12.8 Å². The van der Waals surface area contributed by atoms with E-state index in [0.29, 0.717) is 11.4 Å². The summed E-state index contributed by atoms with van der Waals surface area (Å²) in [5.74, 6) is 0.504. The molecule has 0 saturated heterocycles. The van der Waals surface area contributed by atoms with Crippen LogP contribution in [0.4, 0.5) is 0 Å². The third-order valence-corrected chi connectivity index (χ3v) is 1.67. The van der Waals surface area contributed by atoms with Gasteiger partial charge in [-0.2, -0.15) is 10.1 Å². The molecule has 1 N–H and O–H groups in total. The van der Waals surface area contributed by atoms with Crippen molar-refractivity contribution < 1.29 is 4.74 Å². The zero-order chi connectivity index (χ0) is 8.55. The van der Waals surface area contributed by atoms with Gasteiger partial charge in [0.25, 0.3) is 0 Å². The van der Waals surface area contributed by atoms with Crippen LogP contribution in [0, 0.1) is 6.92 Å². The van der Waals surface area contributed by atoms with Crippen molar-refractivity contribution in [1.82, 2.24) is 20.2 Å². The summed E-state index contributed by atoms with van der Waals surface area (Å²) in [7, 11) is 1.56. The van der Waals surface area contributed by atoms with Crippen LogP contribution in [0.3, 0.4) is 0 Å². The number of H-pyrrole nitrogens is 1. The van der Waals surface area contributed by atoms with Gasteiger partial charge in [-0.25, -0.2) is 4.98 Å². The van der Waals surface area contributed by atoms with Crippen molar-refractivity contribution >= 4 is 11.0 Å². The molecule has 0 fully saturated rings. The number of rotatable bonds is 1. The first-order chi connectivity index (χ1) is 5.83. The van der Waals surface area contributed by atoms with Gasteiger partial charge in [-0.3, -0.25) is 5.10 Å². The average Bonchev–Trinajstić information content (AvgIpc) is 2.48. The predicted octanol–water partition coefficient (Wildman–Crippen LogP) is 0.670. The van der Waals surface area contributed by atoms with Crippen LogP contribution >= 0.6 is 0 Å². The first-order valence-corrected chi connectivity index (χ1v) is 3.52. The molecule has 5 nitrogen and oxygen atoms in total. The average molecular weight is 164 g/mol. The Balaban J connectivity index is 2.81. The Hall–Kier alpha value is -1.65. The lowest BCUT2D eigenvalue weighted by Gasteiger charge is -1.96. The fourth-order valence-electron chi connectivity index (χ4n) is 1.08. The van der Waals surface area contributed by atoms with Crippen molar-refractivity contribution in [2.24, 2.45) is 0 Å². The molecule has 2 rings (SSSR count). The van der Waals surface area contributed by atoms with Crippen molar-refractivity contribution in [2.45, 2.75) is 6.92 Å². The second-order valence-corrected chi connectivity index (χ2v) is 2.43. The molecular weight excluding hydrogens is 156 g/mol. The minimum absolute atomic E-state index is 0.504. The summed E-state index contributed by atoms with van der Waals surface area (Å²) in [5, 5.41) is 6.83. The van der Waals surface area contributed by atoms with Crippen molar-refractivity contribution in [1.29, 1.82) is 0 Å². The molecule has 62 valence electrons. The van der Waals surface area contributed by atoms with E-state index >= 15 is 0 Å². The maximum absolute atomic E-state index is 5.01. The largest absolute Gasteiger partial charge is 0.479 e. The summed E-state index contributed by atoms with van der Waals surface area (Å²) in [6, 6.07) is 0. The van der Waals surface area contributed by atoms with Crippen molar-refractivity contribution in [3.8, 4) is 5.88 Å². The SMILES string of the molecule is COc1ncnc2c(C)[nH]nc12. The molecule has 5 heteroatoms. The highest BCUT2D eigenvalue weighted by Gasteiger charge is 2.08. The summed E-state index contributed by atoms with van der Waals surface area (Å²) >= 11 is 0. The van der Waals surface area contributed by atoms with E-state index in [1.807, 2.05) is 6.92 Å². The minimum atomic E-state index is 0.504. The fourth-order valence-corrected chi connectivity index (χ4v) is 1.08. The Morgan fingerprint density at radius 3 is 2.92 bits per heavy atom. The van der Waals surface area contributed by atoms with E-state index in [4.69, 9.17) is 4.74 Å². The third kappa shape index (κ3) is 0.827. The van der Waals surface area contributed by atoms with Crippen LogP contribution in [0.15, 0.2) is 6.33 Å². The highest BCUT2D eigenvalue weighted by molar-refractivity contribution is 5.80. The number of hydrogen-bond donors (Lipinski definition) is 1. The number of ether oxygens (including phenoxy) is 1. The maximum atomic E-state index is 5.01. The van der Waals surface area contributed by atoms with Crippen LogP contribution in [0.2, 0.25) is 0 Å². The maximum Gasteiger partial charge on any atom is 0.245 e. The summed E-state index contributed by atoms with van der Waals surface area (Å²) in [6.07, 6.45) is 1.46. The molecule has 0 aromatic carbocycles. The second-order valence-electron chi connectivity index (χ2n) is 2.43. The number of methoxy groups -OCH3 is 1. The van der Waals surface area contributed by atoms with Gasteiger partial charge in [0.2, 0.25) is 5.88 Å². The topological polar surface area (TPSA) is 63.7 Å². The van der Waals surface area contributed by atoms with E-state index in [1.54, 1.807) is 7.11 Å². The van der Waals surface area contributed by atoms with E-state index in [-0.39, 0.29) is 0 Å². The molecule has 2 aromatic rings. The van der Waals surface area contributed by atoms with E-state index in [2.05, 4.69) is 20.2 Å². The molecule has 0 atom stereocenters. The van der Waals surface area contributed by atoms with Gasteiger partial charge in [0.1, 0.15) is 11.8 Å². The normalized spacial score (nSPS) is 10.5.